The van der Waals surface area contributed by atoms with Crippen LogP contribution in [0, 0.1) is 6.92 Å². The van der Waals surface area contributed by atoms with Gasteiger partial charge in [-0.05, 0) is 23.6 Å². The maximum atomic E-state index is 13.2. The SMILES string of the molecule is BC(C)(P)c1cc(C)cc(C(C)(F)F)c1. The van der Waals surface area contributed by atoms with Crippen molar-refractivity contribution in [2.45, 2.75) is 31.7 Å². The molecular weight excluding hydrogens is 212 g/mol. The van der Waals surface area contributed by atoms with Gasteiger partial charge < -0.3 is 0 Å². The molecule has 0 saturated heterocycles. The molecule has 0 radical (unpaired) electrons. The lowest BCUT2D eigenvalue weighted by Gasteiger charge is -2.22. The second-order valence-electron chi connectivity index (χ2n) is 4.70. The second-order valence-corrected chi connectivity index (χ2v) is 6.14. The van der Waals surface area contributed by atoms with Crippen molar-refractivity contribution in [3.63, 3.8) is 0 Å². The Bertz CT molecular complexity index is 332. The van der Waals surface area contributed by atoms with Gasteiger partial charge >= 0.3 is 0 Å². The summed E-state index contributed by atoms with van der Waals surface area (Å²) in [6.07, 6.45) is 0. The first-order chi connectivity index (χ1) is 6.60. The van der Waals surface area contributed by atoms with Crippen LogP contribution in [0.1, 0.15) is 30.5 Å². The Hall–Kier alpha value is -0.425. The lowest BCUT2D eigenvalue weighted by molar-refractivity contribution is 0.0173. The maximum absolute atomic E-state index is 13.2. The van der Waals surface area contributed by atoms with E-state index in [0.29, 0.717) is 0 Å². The van der Waals surface area contributed by atoms with Gasteiger partial charge in [0.25, 0.3) is 5.92 Å². The molecule has 0 bridgehead atoms. The minimum atomic E-state index is -2.77. The molecule has 1 aromatic rings. The van der Waals surface area contributed by atoms with Gasteiger partial charge in [0.15, 0.2) is 0 Å². The predicted molar refractivity (Wildman–Crippen MR) is 66.4 cm³/mol. The van der Waals surface area contributed by atoms with Crippen LogP contribution in [0.3, 0.4) is 0 Å². The van der Waals surface area contributed by atoms with E-state index in [1.54, 1.807) is 12.1 Å². The Balaban J connectivity index is 3.30. The van der Waals surface area contributed by atoms with E-state index in [0.717, 1.165) is 18.1 Å². The summed E-state index contributed by atoms with van der Waals surface area (Å²) in [5, 5.41) is -0.175. The number of alkyl halides is 2. The number of hydrogen-bond acceptors (Lipinski definition) is 0. The number of hydrogen-bond donors (Lipinski definition) is 0. The van der Waals surface area contributed by atoms with Crippen LogP contribution in [-0.4, -0.2) is 7.85 Å². The molecule has 0 N–H and O–H groups in total. The van der Waals surface area contributed by atoms with Gasteiger partial charge in [-0.2, -0.15) is 0 Å². The van der Waals surface area contributed by atoms with Gasteiger partial charge in [0, 0.05) is 12.5 Å². The normalized spacial score (nSPS) is 16.1. The van der Waals surface area contributed by atoms with Crippen molar-refractivity contribution in [1.29, 1.82) is 0 Å². The van der Waals surface area contributed by atoms with E-state index in [9.17, 15) is 8.78 Å². The molecule has 0 aliphatic heterocycles. The van der Waals surface area contributed by atoms with E-state index in [2.05, 4.69) is 9.24 Å². The van der Waals surface area contributed by atoms with Gasteiger partial charge in [-0.1, -0.05) is 24.6 Å². The van der Waals surface area contributed by atoms with E-state index in [1.807, 2.05) is 27.8 Å². The maximum Gasteiger partial charge on any atom is 0.270 e. The molecule has 0 aromatic heterocycles. The molecule has 0 saturated carbocycles. The van der Waals surface area contributed by atoms with E-state index < -0.39 is 5.92 Å². The van der Waals surface area contributed by atoms with Crippen molar-refractivity contribution in [2.24, 2.45) is 0 Å². The van der Waals surface area contributed by atoms with Crippen molar-refractivity contribution >= 4 is 17.1 Å². The van der Waals surface area contributed by atoms with Crippen LogP contribution in [0.4, 0.5) is 8.78 Å². The van der Waals surface area contributed by atoms with Gasteiger partial charge in [-0.15, -0.1) is 9.24 Å². The van der Waals surface area contributed by atoms with Crippen molar-refractivity contribution in [2.75, 3.05) is 0 Å². The molecule has 0 heterocycles. The molecule has 0 spiro atoms. The van der Waals surface area contributed by atoms with Crippen molar-refractivity contribution in [3.8, 4) is 0 Å². The van der Waals surface area contributed by atoms with Crippen molar-refractivity contribution < 1.29 is 8.78 Å². The summed E-state index contributed by atoms with van der Waals surface area (Å²) in [4.78, 5) is 0. The first-order valence-corrected chi connectivity index (χ1v) is 5.48. The molecule has 0 aliphatic carbocycles. The molecule has 1 rings (SSSR count). The van der Waals surface area contributed by atoms with E-state index in [1.165, 1.54) is 0 Å². The quantitative estimate of drug-likeness (QED) is 0.539. The number of benzene rings is 1. The average molecular weight is 228 g/mol. The van der Waals surface area contributed by atoms with Crippen LogP contribution in [0.2, 0.25) is 0 Å². The van der Waals surface area contributed by atoms with Gasteiger partial charge in [-0.25, -0.2) is 8.78 Å². The minimum Gasteiger partial charge on any atom is -0.202 e. The molecule has 2 atom stereocenters. The molecule has 0 fully saturated rings. The van der Waals surface area contributed by atoms with Crippen molar-refractivity contribution in [1.82, 2.24) is 0 Å². The van der Waals surface area contributed by atoms with Crippen LogP contribution >= 0.6 is 9.24 Å². The lowest BCUT2D eigenvalue weighted by Crippen LogP contribution is -2.15. The Morgan fingerprint density at radius 1 is 1.13 bits per heavy atom. The summed E-state index contributed by atoms with van der Waals surface area (Å²) >= 11 is 0. The standard InChI is InChI=1S/C11H16BF2P/c1-7-4-8(10(2,12)15)6-9(5-7)11(3,13)14/h4-6H,12,15H2,1-3H3. The van der Waals surface area contributed by atoms with Gasteiger partial charge in [0.05, 0.1) is 0 Å². The Morgan fingerprint density at radius 2 is 1.60 bits per heavy atom. The summed E-state index contributed by atoms with van der Waals surface area (Å²) in [5.74, 6) is -2.77. The Morgan fingerprint density at radius 3 is 2.00 bits per heavy atom. The highest BCUT2D eigenvalue weighted by Gasteiger charge is 2.26. The van der Waals surface area contributed by atoms with Crippen LogP contribution in [-0.2, 0) is 11.0 Å². The number of aryl methyl sites for hydroxylation is 1. The van der Waals surface area contributed by atoms with Crippen LogP contribution in [0.5, 0.6) is 0 Å². The third-order valence-corrected chi connectivity index (χ3v) is 2.66. The highest BCUT2D eigenvalue weighted by Crippen LogP contribution is 2.33. The van der Waals surface area contributed by atoms with Crippen LogP contribution < -0.4 is 0 Å². The molecule has 15 heavy (non-hydrogen) atoms. The molecule has 0 amide bonds. The highest BCUT2D eigenvalue weighted by atomic mass is 31.0. The third-order valence-electron chi connectivity index (χ3n) is 2.33. The fraction of sp³-hybridized carbons (Fsp3) is 0.455. The van der Waals surface area contributed by atoms with Gasteiger partial charge in [0.1, 0.15) is 7.85 Å². The molecule has 2 unspecified atom stereocenters. The summed E-state index contributed by atoms with van der Waals surface area (Å²) in [6.45, 7) is 4.76. The number of rotatable bonds is 2. The third kappa shape index (κ3) is 3.27. The molecular formula is C11H16BF2P. The monoisotopic (exact) mass is 228 g/mol. The Labute approximate surface area is 93.1 Å². The van der Waals surface area contributed by atoms with E-state index in [-0.39, 0.29) is 10.6 Å². The second kappa shape index (κ2) is 3.86. The van der Waals surface area contributed by atoms with Gasteiger partial charge in [-0.3, -0.25) is 0 Å². The molecule has 1 aromatic carbocycles. The van der Waals surface area contributed by atoms with E-state index >= 15 is 0 Å². The molecule has 0 aliphatic rings. The summed E-state index contributed by atoms with van der Waals surface area (Å²) in [7, 11) is 4.66. The van der Waals surface area contributed by atoms with Crippen LogP contribution in [0.15, 0.2) is 18.2 Å². The fourth-order valence-corrected chi connectivity index (χ4v) is 1.58. The van der Waals surface area contributed by atoms with Crippen LogP contribution in [0.25, 0.3) is 0 Å². The van der Waals surface area contributed by atoms with Gasteiger partial charge in [0.2, 0.25) is 0 Å². The zero-order chi connectivity index (χ0) is 11.9. The zero-order valence-corrected chi connectivity index (χ0v) is 10.7. The Kier molecular flexibility index (Phi) is 3.26. The van der Waals surface area contributed by atoms with E-state index in [4.69, 9.17) is 0 Å². The summed E-state index contributed by atoms with van der Waals surface area (Å²) in [5.41, 5.74) is 1.89. The number of halogens is 2. The molecule has 82 valence electrons. The first-order valence-electron chi connectivity index (χ1n) is 4.90. The predicted octanol–water partition coefficient (Wildman–Crippen LogP) is 2.79. The largest absolute Gasteiger partial charge is 0.270 e. The molecule has 4 heteroatoms. The van der Waals surface area contributed by atoms with Crippen molar-refractivity contribution in [3.05, 3.63) is 34.9 Å². The summed E-state index contributed by atoms with van der Waals surface area (Å²) < 4.78 is 26.4. The topological polar surface area (TPSA) is 0 Å². The average Bonchev–Trinajstić information content (AvgIpc) is 1.99. The smallest absolute Gasteiger partial charge is 0.202 e. The molecule has 0 nitrogen and oxygen atoms in total. The highest BCUT2D eigenvalue weighted by molar-refractivity contribution is 7.21. The fourth-order valence-electron chi connectivity index (χ4n) is 1.41. The first kappa shape index (κ1) is 12.6. The minimum absolute atomic E-state index is 0.0908. The summed E-state index contributed by atoms with van der Waals surface area (Å²) in [6, 6.07) is 5.07. The lowest BCUT2D eigenvalue weighted by atomic mass is 9.80. The zero-order valence-electron chi connectivity index (χ0n) is 9.57.